The molecule has 7 nitrogen and oxygen atoms in total. The van der Waals surface area contributed by atoms with Crippen molar-refractivity contribution < 1.29 is 0 Å². The Hall–Kier alpha value is -3.45. The maximum atomic E-state index is 12.8. The van der Waals surface area contributed by atoms with Gasteiger partial charge in [0.05, 0.1) is 5.69 Å². The third kappa shape index (κ3) is 4.22. The molecule has 2 N–H and O–H groups in total. The minimum absolute atomic E-state index is 0.0207. The molecule has 5 rings (SSSR count). The summed E-state index contributed by atoms with van der Waals surface area (Å²) in [5, 5.41) is 1.23. The lowest BCUT2D eigenvalue weighted by atomic mass is 10.1. The molecule has 0 radical (unpaired) electrons. The van der Waals surface area contributed by atoms with Crippen molar-refractivity contribution in [3.63, 3.8) is 0 Å². The molecule has 0 fully saturated rings. The smallest absolute Gasteiger partial charge is 0.255 e. The number of rotatable bonds is 5. The average Bonchev–Trinajstić information content (AvgIpc) is 3.15. The van der Waals surface area contributed by atoms with Gasteiger partial charge in [-0.1, -0.05) is 18.2 Å². The van der Waals surface area contributed by atoms with Gasteiger partial charge >= 0.3 is 0 Å². The average molecular weight is 415 g/mol. The number of hydrogen-bond donors (Lipinski definition) is 2. The molecule has 0 aliphatic carbocycles. The maximum absolute atomic E-state index is 12.8. The van der Waals surface area contributed by atoms with Crippen LogP contribution in [0.2, 0.25) is 0 Å². The molecule has 31 heavy (non-hydrogen) atoms. The molecule has 1 aromatic carbocycles. The Balaban J connectivity index is 1.31. The molecule has 0 unspecified atom stereocenters. The second kappa shape index (κ2) is 8.35. The highest BCUT2D eigenvalue weighted by atomic mass is 16.1. The molecular formula is C24H26N6O. The number of nitrogens with one attached hydrogen (secondary N) is 2. The molecule has 158 valence electrons. The van der Waals surface area contributed by atoms with Gasteiger partial charge in [0.25, 0.3) is 5.56 Å². The molecule has 0 amide bonds. The first-order chi connectivity index (χ1) is 15.2. The summed E-state index contributed by atoms with van der Waals surface area (Å²) in [5.41, 5.74) is 5.23. The fourth-order valence-corrected chi connectivity index (χ4v) is 4.27. The Morgan fingerprint density at radius 3 is 2.90 bits per heavy atom. The monoisotopic (exact) mass is 414 g/mol. The van der Waals surface area contributed by atoms with E-state index in [0.29, 0.717) is 12.5 Å². The number of pyridine rings is 1. The van der Waals surface area contributed by atoms with Crippen LogP contribution >= 0.6 is 0 Å². The van der Waals surface area contributed by atoms with Crippen LogP contribution in [-0.2, 0) is 25.9 Å². The van der Waals surface area contributed by atoms with Crippen molar-refractivity contribution in [3.8, 4) is 0 Å². The predicted octanol–water partition coefficient (Wildman–Crippen LogP) is 2.88. The zero-order valence-electron chi connectivity index (χ0n) is 17.6. The summed E-state index contributed by atoms with van der Waals surface area (Å²) in [6.07, 6.45) is 7.05. The van der Waals surface area contributed by atoms with Crippen LogP contribution in [0.5, 0.6) is 0 Å². The van der Waals surface area contributed by atoms with Crippen LogP contribution in [0.4, 0.5) is 5.95 Å². The fourth-order valence-electron chi connectivity index (χ4n) is 4.27. The number of benzene rings is 1. The number of aromatic nitrogens is 4. The molecule has 0 atom stereocenters. The molecule has 3 aromatic heterocycles. The van der Waals surface area contributed by atoms with E-state index in [0.717, 1.165) is 54.8 Å². The molecule has 7 heteroatoms. The Kier molecular flexibility index (Phi) is 5.26. The van der Waals surface area contributed by atoms with E-state index in [1.807, 2.05) is 36.5 Å². The van der Waals surface area contributed by atoms with Gasteiger partial charge in [0, 0.05) is 69.3 Å². The van der Waals surface area contributed by atoms with E-state index in [-0.39, 0.29) is 5.56 Å². The standard InChI is InChI=1S/C24H26N6O/c1-29(15-18-3-2-9-25-14-18)24-27-21-8-12-30(11-7-20(21)23(31)28-24)16-17-4-5-19-6-10-26-22(19)13-17/h2-6,9-10,13-14,26H,7-8,11-12,15-16H2,1H3,(H,27,28,31). The third-order valence-corrected chi connectivity index (χ3v) is 5.96. The van der Waals surface area contributed by atoms with E-state index in [4.69, 9.17) is 4.98 Å². The third-order valence-electron chi connectivity index (χ3n) is 5.96. The summed E-state index contributed by atoms with van der Waals surface area (Å²) in [5.74, 6) is 0.609. The summed E-state index contributed by atoms with van der Waals surface area (Å²) in [6, 6.07) is 12.6. The van der Waals surface area contributed by atoms with Gasteiger partial charge in [0.1, 0.15) is 0 Å². The van der Waals surface area contributed by atoms with Gasteiger partial charge < -0.3 is 9.88 Å². The number of H-pyrrole nitrogens is 2. The number of aromatic amines is 2. The molecule has 1 aliphatic rings. The summed E-state index contributed by atoms with van der Waals surface area (Å²) in [6.45, 7) is 3.25. The second-order valence-electron chi connectivity index (χ2n) is 8.21. The highest BCUT2D eigenvalue weighted by Crippen LogP contribution is 2.19. The van der Waals surface area contributed by atoms with Crippen molar-refractivity contribution in [2.24, 2.45) is 0 Å². The summed E-state index contributed by atoms with van der Waals surface area (Å²) in [4.78, 5) is 32.4. The molecule has 1 aliphatic heterocycles. The lowest BCUT2D eigenvalue weighted by Gasteiger charge is -2.19. The van der Waals surface area contributed by atoms with Crippen molar-refractivity contribution in [3.05, 3.63) is 87.7 Å². The zero-order valence-corrected chi connectivity index (χ0v) is 17.6. The van der Waals surface area contributed by atoms with E-state index >= 15 is 0 Å². The quantitative estimate of drug-likeness (QED) is 0.525. The topological polar surface area (TPSA) is 80.9 Å². The summed E-state index contributed by atoms with van der Waals surface area (Å²) < 4.78 is 0. The van der Waals surface area contributed by atoms with Crippen molar-refractivity contribution >= 4 is 16.9 Å². The van der Waals surface area contributed by atoms with Gasteiger partial charge in [-0.3, -0.25) is 19.7 Å². The van der Waals surface area contributed by atoms with Gasteiger partial charge in [0.2, 0.25) is 5.95 Å². The molecule has 4 aromatic rings. The van der Waals surface area contributed by atoms with E-state index in [1.165, 1.54) is 10.9 Å². The SMILES string of the molecule is CN(Cc1cccnc1)c1nc2c(c(=O)[nH]1)CCN(Cc1ccc3cc[nH]c3c1)CC2. The number of fused-ring (bicyclic) bond motifs is 2. The minimum Gasteiger partial charge on any atom is -0.361 e. The van der Waals surface area contributed by atoms with E-state index < -0.39 is 0 Å². The first-order valence-electron chi connectivity index (χ1n) is 10.7. The number of anilines is 1. The van der Waals surface area contributed by atoms with Crippen LogP contribution in [0.3, 0.4) is 0 Å². The maximum Gasteiger partial charge on any atom is 0.255 e. The van der Waals surface area contributed by atoms with E-state index in [1.54, 1.807) is 6.20 Å². The predicted molar refractivity (Wildman–Crippen MR) is 122 cm³/mol. The van der Waals surface area contributed by atoms with Gasteiger partial charge in [0.15, 0.2) is 0 Å². The lowest BCUT2D eigenvalue weighted by molar-refractivity contribution is 0.279. The van der Waals surface area contributed by atoms with Crippen molar-refractivity contribution in [1.82, 2.24) is 24.8 Å². The molecule has 0 spiro atoms. The Morgan fingerprint density at radius 2 is 2.03 bits per heavy atom. The molecule has 0 saturated carbocycles. The van der Waals surface area contributed by atoms with E-state index in [9.17, 15) is 4.79 Å². The van der Waals surface area contributed by atoms with Crippen LogP contribution in [0, 0.1) is 0 Å². The van der Waals surface area contributed by atoms with Crippen LogP contribution < -0.4 is 10.5 Å². The second-order valence-corrected chi connectivity index (χ2v) is 8.21. The van der Waals surface area contributed by atoms with Crippen molar-refractivity contribution in [2.45, 2.75) is 25.9 Å². The largest absolute Gasteiger partial charge is 0.361 e. The first-order valence-corrected chi connectivity index (χ1v) is 10.7. The van der Waals surface area contributed by atoms with E-state index in [2.05, 4.69) is 44.1 Å². The highest BCUT2D eigenvalue weighted by Gasteiger charge is 2.20. The van der Waals surface area contributed by atoms with Crippen LogP contribution in [0.1, 0.15) is 22.4 Å². The Morgan fingerprint density at radius 1 is 1.13 bits per heavy atom. The first kappa shape index (κ1) is 19.5. The van der Waals surface area contributed by atoms with Gasteiger partial charge in [-0.15, -0.1) is 0 Å². The lowest BCUT2D eigenvalue weighted by Crippen LogP contribution is -2.27. The number of nitrogens with zero attached hydrogens (tertiary/aromatic N) is 4. The molecular weight excluding hydrogens is 388 g/mol. The number of hydrogen-bond acceptors (Lipinski definition) is 5. The van der Waals surface area contributed by atoms with Crippen LogP contribution in [0.15, 0.2) is 59.8 Å². The van der Waals surface area contributed by atoms with Gasteiger partial charge in [-0.2, -0.15) is 0 Å². The van der Waals surface area contributed by atoms with Gasteiger partial charge in [-0.25, -0.2) is 4.98 Å². The van der Waals surface area contributed by atoms with Crippen LogP contribution in [0.25, 0.3) is 10.9 Å². The van der Waals surface area contributed by atoms with Crippen molar-refractivity contribution in [1.29, 1.82) is 0 Å². The Bertz CT molecular complexity index is 1250. The molecule has 4 heterocycles. The summed E-state index contributed by atoms with van der Waals surface area (Å²) >= 11 is 0. The van der Waals surface area contributed by atoms with Crippen LogP contribution in [-0.4, -0.2) is 45.0 Å². The zero-order chi connectivity index (χ0) is 21.2. The van der Waals surface area contributed by atoms with Crippen molar-refractivity contribution in [2.75, 3.05) is 25.0 Å². The molecule has 0 saturated heterocycles. The highest BCUT2D eigenvalue weighted by molar-refractivity contribution is 5.79. The normalized spacial score (nSPS) is 14.4. The van der Waals surface area contributed by atoms with Gasteiger partial charge in [-0.05, 0) is 41.1 Å². The fraction of sp³-hybridized carbons (Fsp3) is 0.292. The summed E-state index contributed by atoms with van der Waals surface area (Å²) in [7, 11) is 1.94. The Labute approximate surface area is 180 Å². The molecule has 0 bridgehead atoms. The minimum atomic E-state index is -0.0207.